The smallest absolute Gasteiger partial charge is 0.239 e. The molecule has 0 aromatic carbocycles. The Morgan fingerprint density at radius 1 is 1.56 bits per heavy atom. The number of imidazole rings is 1. The van der Waals surface area contributed by atoms with Gasteiger partial charge in [0.05, 0.1) is 6.33 Å². The predicted molar refractivity (Wildman–Crippen MR) is 63.3 cm³/mol. The van der Waals surface area contributed by atoms with Crippen LogP contribution < -0.4 is 5.32 Å². The zero-order valence-corrected chi connectivity index (χ0v) is 9.61. The summed E-state index contributed by atoms with van der Waals surface area (Å²) in [4.78, 5) is 16.7. The number of carbonyl (C=O) groups is 1. The van der Waals surface area contributed by atoms with Crippen molar-refractivity contribution in [2.24, 2.45) is 0 Å². The summed E-state index contributed by atoms with van der Waals surface area (Å²) in [6.07, 6.45) is 5.98. The maximum absolute atomic E-state index is 11.5. The summed E-state index contributed by atoms with van der Waals surface area (Å²) in [5.41, 5.74) is 0. The second-order valence-electron chi connectivity index (χ2n) is 3.41. The van der Waals surface area contributed by atoms with E-state index < -0.39 is 0 Å². The Morgan fingerprint density at radius 2 is 2.50 bits per heavy atom. The first kappa shape index (κ1) is 10.9. The standard InChI is InChI=1S/C11H13N3OS/c15-11(8-14-6-5-12-9-14)13-4-3-10-2-1-7-16-10/h1-2,5-7,9H,3-4,8H2,(H,13,15). The molecule has 0 bridgehead atoms. The van der Waals surface area contributed by atoms with Crippen LogP contribution in [0.25, 0.3) is 0 Å². The summed E-state index contributed by atoms with van der Waals surface area (Å²) in [5, 5.41) is 4.92. The summed E-state index contributed by atoms with van der Waals surface area (Å²) in [6.45, 7) is 1.03. The third kappa shape index (κ3) is 3.20. The maximum atomic E-state index is 11.5. The summed E-state index contributed by atoms with van der Waals surface area (Å²) in [5.74, 6) is 0.0227. The molecule has 0 aliphatic rings. The molecular weight excluding hydrogens is 222 g/mol. The largest absolute Gasteiger partial charge is 0.354 e. The van der Waals surface area contributed by atoms with Crippen LogP contribution in [0.1, 0.15) is 4.88 Å². The molecule has 0 saturated heterocycles. The van der Waals surface area contributed by atoms with E-state index in [0.717, 1.165) is 6.42 Å². The molecule has 1 N–H and O–H groups in total. The fraction of sp³-hybridized carbons (Fsp3) is 0.273. The van der Waals surface area contributed by atoms with E-state index in [1.165, 1.54) is 4.88 Å². The Morgan fingerprint density at radius 3 is 3.19 bits per heavy atom. The molecule has 0 atom stereocenters. The van der Waals surface area contributed by atoms with Gasteiger partial charge in [0.1, 0.15) is 6.54 Å². The van der Waals surface area contributed by atoms with Crippen molar-refractivity contribution in [2.75, 3.05) is 6.54 Å². The van der Waals surface area contributed by atoms with E-state index in [9.17, 15) is 4.79 Å². The zero-order valence-electron chi connectivity index (χ0n) is 8.80. The molecular formula is C11H13N3OS. The number of amides is 1. The first-order chi connectivity index (χ1) is 7.84. The minimum atomic E-state index is 0.0227. The van der Waals surface area contributed by atoms with E-state index in [1.54, 1.807) is 34.6 Å². The van der Waals surface area contributed by atoms with Crippen molar-refractivity contribution in [2.45, 2.75) is 13.0 Å². The van der Waals surface area contributed by atoms with E-state index in [4.69, 9.17) is 0 Å². The van der Waals surface area contributed by atoms with Gasteiger partial charge in [-0.15, -0.1) is 11.3 Å². The van der Waals surface area contributed by atoms with E-state index in [2.05, 4.69) is 16.4 Å². The summed E-state index contributed by atoms with van der Waals surface area (Å²) in [6, 6.07) is 4.10. The van der Waals surface area contributed by atoms with Crippen molar-refractivity contribution in [3.05, 3.63) is 41.1 Å². The Balaban J connectivity index is 1.68. The van der Waals surface area contributed by atoms with Gasteiger partial charge in [-0.25, -0.2) is 4.98 Å². The van der Waals surface area contributed by atoms with Crippen molar-refractivity contribution < 1.29 is 4.79 Å². The average molecular weight is 235 g/mol. The molecule has 0 aliphatic carbocycles. The number of carbonyl (C=O) groups excluding carboxylic acids is 1. The predicted octanol–water partition coefficient (Wildman–Crippen LogP) is 1.30. The molecule has 2 rings (SSSR count). The van der Waals surface area contributed by atoms with Crippen molar-refractivity contribution in [1.29, 1.82) is 0 Å². The number of aromatic nitrogens is 2. The molecule has 84 valence electrons. The zero-order chi connectivity index (χ0) is 11.2. The minimum absolute atomic E-state index is 0.0227. The van der Waals surface area contributed by atoms with Gasteiger partial charge in [0, 0.05) is 23.8 Å². The first-order valence-corrected chi connectivity index (χ1v) is 5.97. The van der Waals surface area contributed by atoms with Crippen LogP contribution in [0.3, 0.4) is 0 Å². The average Bonchev–Trinajstić information content (AvgIpc) is 2.90. The van der Waals surface area contributed by atoms with Gasteiger partial charge < -0.3 is 9.88 Å². The number of nitrogens with zero attached hydrogens (tertiary/aromatic N) is 2. The lowest BCUT2D eigenvalue weighted by Gasteiger charge is -2.04. The first-order valence-electron chi connectivity index (χ1n) is 5.09. The van der Waals surface area contributed by atoms with Crippen LogP contribution in [0.4, 0.5) is 0 Å². The molecule has 0 unspecified atom stereocenters. The fourth-order valence-electron chi connectivity index (χ4n) is 1.38. The van der Waals surface area contributed by atoms with E-state index in [-0.39, 0.29) is 5.91 Å². The number of nitrogens with one attached hydrogen (secondary N) is 1. The summed E-state index contributed by atoms with van der Waals surface area (Å²) >= 11 is 1.71. The van der Waals surface area contributed by atoms with Crippen LogP contribution in [0.15, 0.2) is 36.2 Å². The third-order valence-corrected chi connectivity index (χ3v) is 3.10. The van der Waals surface area contributed by atoms with Crippen molar-refractivity contribution in [1.82, 2.24) is 14.9 Å². The third-order valence-electron chi connectivity index (χ3n) is 2.16. The normalized spacial score (nSPS) is 10.2. The Hall–Kier alpha value is -1.62. The van der Waals surface area contributed by atoms with Crippen molar-refractivity contribution in [3.63, 3.8) is 0 Å². The number of rotatable bonds is 5. The second kappa shape index (κ2) is 5.46. The monoisotopic (exact) mass is 235 g/mol. The van der Waals surface area contributed by atoms with Gasteiger partial charge in [-0.2, -0.15) is 0 Å². The highest BCUT2D eigenvalue weighted by Gasteiger charge is 2.01. The van der Waals surface area contributed by atoms with Crippen LogP contribution in [0.2, 0.25) is 0 Å². The lowest BCUT2D eigenvalue weighted by molar-refractivity contribution is -0.121. The Kier molecular flexibility index (Phi) is 3.71. The Bertz CT molecular complexity index is 422. The van der Waals surface area contributed by atoms with Gasteiger partial charge in [0.15, 0.2) is 0 Å². The van der Waals surface area contributed by atoms with Crippen LogP contribution in [0, 0.1) is 0 Å². The topological polar surface area (TPSA) is 46.9 Å². The van der Waals surface area contributed by atoms with Gasteiger partial charge in [0.2, 0.25) is 5.91 Å². The molecule has 1 amide bonds. The Labute approximate surface area is 97.9 Å². The second-order valence-corrected chi connectivity index (χ2v) is 4.45. The maximum Gasteiger partial charge on any atom is 0.239 e. The van der Waals surface area contributed by atoms with Crippen molar-refractivity contribution in [3.8, 4) is 0 Å². The lowest BCUT2D eigenvalue weighted by atomic mass is 10.3. The molecule has 0 saturated carbocycles. The van der Waals surface area contributed by atoms with Gasteiger partial charge >= 0.3 is 0 Å². The van der Waals surface area contributed by atoms with E-state index in [0.29, 0.717) is 13.1 Å². The van der Waals surface area contributed by atoms with Crippen LogP contribution in [0.5, 0.6) is 0 Å². The summed E-state index contributed by atoms with van der Waals surface area (Å²) < 4.78 is 1.75. The van der Waals surface area contributed by atoms with Crippen molar-refractivity contribution >= 4 is 17.2 Å². The van der Waals surface area contributed by atoms with Gasteiger partial charge in [-0.3, -0.25) is 4.79 Å². The van der Waals surface area contributed by atoms with Gasteiger partial charge in [-0.05, 0) is 17.9 Å². The number of hydrogen-bond acceptors (Lipinski definition) is 3. The van der Waals surface area contributed by atoms with E-state index in [1.807, 2.05) is 11.4 Å². The van der Waals surface area contributed by atoms with Crippen LogP contribution >= 0.6 is 11.3 Å². The van der Waals surface area contributed by atoms with Crippen LogP contribution in [-0.4, -0.2) is 22.0 Å². The van der Waals surface area contributed by atoms with E-state index >= 15 is 0 Å². The molecule has 5 heteroatoms. The number of hydrogen-bond donors (Lipinski definition) is 1. The van der Waals surface area contributed by atoms with Crippen LogP contribution in [-0.2, 0) is 17.8 Å². The molecule has 2 aromatic heterocycles. The quantitative estimate of drug-likeness (QED) is 0.849. The molecule has 0 aliphatic heterocycles. The SMILES string of the molecule is O=C(Cn1ccnc1)NCCc1cccs1. The number of thiophene rings is 1. The molecule has 4 nitrogen and oxygen atoms in total. The fourth-order valence-corrected chi connectivity index (χ4v) is 2.09. The molecule has 0 radical (unpaired) electrons. The highest BCUT2D eigenvalue weighted by atomic mass is 32.1. The van der Waals surface area contributed by atoms with Gasteiger partial charge in [-0.1, -0.05) is 6.07 Å². The van der Waals surface area contributed by atoms with Gasteiger partial charge in [0.25, 0.3) is 0 Å². The summed E-state index contributed by atoms with van der Waals surface area (Å²) in [7, 11) is 0. The molecule has 0 fully saturated rings. The highest BCUT2D eigenvalue weighted by molar-refractivity contribution is 7.09. The molecule has 16 heavy (non-hydrogen) atoms. The molecule has 2 aromatic rings. The minimum Gasteiger partial charge on any atom is -0.354 e. The molecule has 0 spiro atoms. The highest BCUT2D eigenvalue weighted by Crippen LogP contribution is 2.07. The molecule has 2 heterocycles. The lowest BCUT2D eigenvalue weighted by Crippen LogP contribution is -2.28.